The molecule has 0 saturated carbocycles. The molecule has 0 saturated heterocycles. The number of esters is 2. The summed E-state index contributed by atoms with van der Waals surface area (Å²) in [5.74, 6) is -0.0354. The van der Waals surface area contributed by atoms with Crippen molar-refractivity contribution >= 4 is 11.9 Å². The highest BCUT2D eigenvalue weighted by Gasteiger charge is 2.09. The minimum absolute atomic E-state index is 0.0177. The van der Waals surface area contributed by atoms with Crippen LogP contribution in [0.15, 0.2) is 0 Å². The summed E-state index contributed by atoms with van der Waals surface area (Å²) in [4.78, 5) is 29.7. The van der Waals surface area contributed by atoms with E-state index in [4.69, 9.17) is 18.9 Å². The summed E-state index contributed by atoms with van der Waals surface area (Å²) in [6.07, 6.45) is 48.7. The molecule has 0 aromatic heterocycles. The Labute approximate surface area is 412 Å². The van der Waals surface area contributed by atoms with E-state index in [1.54, 1.807) is 0 Å². The van der Waals surface area contributed by atoms with Gasteiger partial charge in [-0.3, -0.25) is 9.59 Å². The second-order valence-electron chi connectivity index (χ2n) is 19.9. The summed E-state index contributed by atoms with van der Waals surface area (Å²) in [6.45, 7) is 19.7. The van der Waals surface area contributed by atoms with Gasteiger partial charge in [0.2, 0.25) is 0 Å². The van der Waals surface area contributed by atoms with Crippen LogP contribution in [0.4, 0.5) is 0 Å². The van der Waals surface area contributed by atoms with Gasteiger partial charge in [0.1, 0.15) is 0 Å². The van der Waals surface area contributed by atoms with Crippen molar-refractivity contribution in [3.63, 3.8) is 0 Å². The molecule has 0 spiro atoms. The summed E-state index contributed by atoms with van der Waals surface area (Å²) in [6, 6.07) is 0. The Balaban J connectivity index is 4.49. The van der Waals surface area contributed by atoms with Crippen molar-refractivity contribution in [1.29, 1.82) is 0 Å². The molecule has 0 bridgehead atoms. The third-order valence-electron chi connectivity index (χ3n) is 13.4. The zero-order valence-electron chi connectivity index (χ0n) is 45.1. The van der Waals surface area contributed by atoms with Gasteiger partial charge >= 0.3 is 11.9 Å². The first kappa shape index (κ1) is 64.8. The lowest BCUT2D eigenvalue weighted by molar-refractivity contribution is -0.144. The molecule has 0 fully saturated rings. The molecule has 8 heteroatoms. The molecule has 0 heterocycles. The predicted molar refractivity (Wildman–Crippen MR) is 284 cm³/mol. The predicted octanol–water partition coefficient (Wildman–Crippen LogP) is 16.4. The van der Waals surface area contributed by atoms with Crippen LogP contribution in [0.1, 0.15) is 285 Å². The van der Waals surface area contributed by atoms with Gasteiger partial charge in [-0.15, -0.1) is 0 Å². The van der Waals surface area contributed by atoms with E-state index in [1.165, 1.54) is 219 Å². The molecule has 0 rings (SSSR count). The van der Waals surface area contributed by atoms with Crippen molar-refractivity contribution in [3.8, 4) is 0 Å². The lowest BCUT2D eigenvalue weighted by Crippen LogP contribution is -2.31. The highest BCUT2D eigenvalue weighted by atomic mass is 16.5. The van der Waals surface area contributed by atoms with Crippen LogP contribution in [0.25, 0.3) is 0 Å². The molecule has 394 valence electrons. The number of hydrogen-bond acceptors (Lipinski definition) is 8. The lowest BCUT2D eigenvalue weighted by atomic mass is 10.1. The van der Waals surface area contributed by atoms with E-state index in [1.807, 2.05) is 0 Å². The van der Waals surface area contributed by atoms with Crippen LogP contribution in [-0.2, 0) is 28.5 Å². The van der Waals surface area contributed by atoms with E-state index in [0.29, 0.717) is 39.3 Å². The average Bonchev–Trinajstić information content (AvgIpc) is 3.32. The summed E-state index contributed by atoms with van der Waals surface area (Å²) >= 11 is 0. The molecular weight excluding hydrogens is 821 g/mol. The molecule has 66 heavy (non-hydrogen) atoms. The third kappa shape index (κ3) is 52.2. The van der Waals surface area contributed by atoms with Crippen molar-refractivity contribution < 1.29 is 28.5 Å². The van der Waals surface area contributed by atoms with E-state index in [2.05, 4.69) is 37.5 Å². The van der Waals surface area contributed by atoms with Gasteiger partial charge < -0.3 is 28.7 Å². The summed E-state index contributed by atoms with van der Waals surface area (Å²) in [5.41, 5.74) is 0. The summed E-state index contributed by atoms with van der Waals surface area (Å²) in [7, 11) is 0. The molecule has 0 amide bonds. The second kappa shape index (κ2) is 56.4. The standard InChI is InChI=1S/C58H116N2O6/c1-5-9-13-17-21-29-37-45-59(46-38-30-22-18-14-10-6-2)49-53-63-55-56-64-54-50-60(47-39-31-25-27-35-43-57(61)65-51-41-33-23-19-15-11-7-3)48-40-32-26-28-36-44-58(62)66-52-42-34-24-20-16-12-8-4/h5-56H2,1-4H3. The van der Waals surface area contributed by atoms with Crippen molar-refractivity contribution in [2.75, 3.05) is 78.9 Å². The van der Waals surface area contributed by atoms with Gasteiger partial charge in [0.05, 0.1) is 39.6 Å². The van der Waals surface area contributed by atoms with Crippen molar-refractivity contribution in [1.82, 2.24) is 9.80 Å². The molecule has 0 unspecified atom stereocenters. The molecule has 0 aromatic rings. The van der Waals surface area contributed by atoms with Gasteiger partial charge in [-0.05, 0) is 77.5 Å². The monoisotopic (exact) mass is 937 g/mol. The molecular formula is C58H116N2O6. The van der Waals surface area contributed by atoms with Crippen molar-refractivity contribution in [2.45, 2.75) is 285 Å². The van der Waals surface area contributed by atoms with Gasteiger partial charge in [-0.25, -0.2) is 0 Å². The number of ether oxygens (including phenoxy) is 4. The molecule has 0 atom stereocenters. The number of unbranched alkanes of at least 4 members (excludes halogenated alkanes) is 32. The minimum Gasteiger partial charge on any atom is -0.466 e. The maximum Gasteiger partial charge on any atom is 0.305 e. The number of hydrogen-bond donors (Lipinski definition) is 0. The van der Waals surface area contributed by atoms with Gasteiger partial charge in [0.25, 0.3) is 0 Å². The number of rotatable bonds is 57. The first-order chi connectivity index (χ1) is 32.6. The van der Waals surface area contributed by atoms with E-state index < -0.39 is 0 Å². The molecule has 0 N–H and O–H groups in total. The SMILES string of the molecule is CCCCCCCCCOC(=O)CCCCCCCN(CCCCCCCC(=O)OCCCCCCCCC)CCOCCOCCN(CCCCCCCCC)CCCCCCCCC. The highest BCUT2D eigenvalue weighted by molar-refractivity contribution is 5.69. The largest absolute Gasteiger partial charge is 0.466 e. The Morgan fingerprint density at radius 2 is 0.500 bits per heavy atom. The molecule has 8 nitrogen and oxygen atoms in total. The smallest absolute Gasteiger partial charge is 0.305 e. The molecule has 0 aliphatic carbocycles. The molecule has 0 radical (unpaired) electrons. The maximum absolute atomic E-state index is 12.2. The Bertz CT molecular complexity index is 889. The molecule has 0 aliphatic rings. The molecule has 0 aliphatic heterocycles. The van der Waals surface area contributed by atoms with Gasteiger partial charge in [0.15, 0.2) is 0 Å². The average molecular weight is 938 g/mol. The zero-order chi connectivity index (χ0) is 47.9. The number of carbonyl (C=O) groups is 2. The van der Waals surface area contributed by atoms with Crippen LogP contribution in [0.2, 0.25) is 0 Å². The second-order valence-corrected chi connectivity index (χ2v) is 19.9. The fraction of sp³-hybridized carbons (Fsp3) is 0.966. The van der Waals surface area contributed by atoms with Crippen LogP contribution >= 0.6 is 0 Å². The normalized spacial score (nSPS) is 11.7. The van der Waals surface area contributed by atoms with Gasteiger partial charge in [-0.1, -0.05) is 220 Å². The van der Waals surface area contributed by atoms with Crippen LogP contribution in [0.3, 0.4) is 0 Å². The van der Waals surface area contributed by atoms with Crippen molar-refractivity contribution in [2.24, 2.45) is 0 Å². The summed E-state index contributed by atoms with van der Waals surface area (Å²) in [5, 5.41) is 0. The van der Waals surface area contributed by atoms with Gasteiger partial charge in [0, 0.05) is 25.9 Å². The van der Waals surface area contributed by atoms with Crippen LogP contribution in [0, 0.1) is 0 Å². The fourth-order valence-electron chi connectivity index (χ4n) is 8.87. The zero-order valence-corrected chi connectivity index (χ0v) is 45.1. The molecule has 0 aromatic carbocycles. The van der Waals surface area contributed by atoms with E-state index in [-0.39, 0.29) is 11.9 Å². The van der Waals surface area contributed by atoms with E-state index in [0.717, 1.165) is 77.9 Å². The number of carbonyl (C=O) groups excluding carboxylic acids is 2. The Hall–Kier alpha value is -1.22. The number of nitrogens with zero attached hydrogens (tertiary/aromatic N) is 2. The van der Waals surface area contributed by atoms with Crippen LogP contribution in [0.5, 0.6) is 0 Å². The maximum atomic E-state index is 12.2. The minimum atomic E-state index is -0.0177. The first-order valence-electron chi connectivity index (χ1n) is 29.5. The third-order valence-corrected chi connectivity index (χ3v) is 13.4. The van der Waals surface area contributed by atoms with E-state index in [9.17, 15) is 9.59 Å². The van der Waals surface area contributed by atoms with E-state index >= 15 is 0 Å². The fourth-order valence-corrected chi connectivity index (χ4v) is 8.87. The topological polar surface area (TPSA) is 77.5 Å². The Kier molecular flexibility index (Phi) is 55.3. The highest BCUT2D eigenvalue weighted by Crippen LogP contribution is 2.14. The Morgan fingerprint density at radius 3 is 0.788 bits per heavy atom. The Morgan fingerprint density at radius 1 is 0.258 bits per heavy atom. The van der Waals surface area contributed by atoms with Crippen LogP contribution in [-0.4, -0.2) is 101 Å². The first-order valence-corrected chi connectivity index (χ1v) is 29.5. The quantitative estimate of drug-likeness (QED) is 0.0441. The van der Waals surface area contributed by atoms with Crippen molar-refractivity contribution in [3.05, 3.63) is 0 Å². The van der Waals surface area contributed by atoms with Gasteiger partial charge in [-0.2, -0.15) is 0 Å². The summed E-state index contributed by atoms with van der Waals surface area (Å²) < 4.78 is 23.2. The van der Waals surface area contributed by atoms with Crippen LogP contribution < -0.4 is 0 Å². The lowest BCUT2D eigenvalue weighted by Gasteiger charge is -2.23.